The number of imidazole rings is 1. The van der Waals surface area contributed by atoms with E-state index >= 15 is 0 Å². The normalized spacial score (nSPS) is 16.0. The van der Waals surface area contributed by atoms with Crippen LogP contribution in [0.4, 0.5) is 19.0 Å². The van der Waals surface area contributed by atoms with Crippen LogP contribution in [0.3, 0.4) is 0 Å². The van der Waals surface area contributed by atoms with Gasteiger partial charge in [-0.15, -0.1) is 0 Å². The van der Waals surface area contributed by atoms with Gasteiger partial charge in [0.2, 0.25) is 0 Å². The monoisotopic (exact) mass is 491 g/mol. The molecule has 2 aliphatic rings. The molecule has 1 fully saturated rings. The van der Waals surface area contributed by atoms with Crippen molar-refractivity contribution in [2.75, 3.05) is 18.0 Å². The number of hydrogen-bond donors (Lipinski definition) is 1. The van der Waals surface area contributed by atoms with Gasteiger partial charge in [-0.25, -0.2) is 24.0 Å². The van der Waals surface area contributed by atoms with Crippen molar-refractivity contribution in [1.29, 1.82) is 0 Å². The van der Waals surface area contributed by atoms with E-state index in [-0.39, 0.29) is 11.7 Å². The highest BCUT2D eigenvalue weighted by Crippen LogP contribution is 2.37. The topological polar surface area (TPSA) is 75.5 Å². The van der Waals surface area contributed by atoms with E-state index in [0.29, 0.717) is 16.7 Å². The van der Waals surface area contributed by atoms with Crippen molar-refractivity contribution in [1.82, 2.24) is 29.7 Å². The van der Waals surface area contributed by atoms with Crippen LogP contribution < -0.4 is 4.90 Å². The van der Waals surface area contributed by atoms with Gasteiger partial charge in [-0.2, -0.15) is 13.9 Å². The Hall–Kier alpha value is -3.95. The molecule has 1 aliphatic carbocycles. The average molecular weight is 492 g/mol. The number of H-pyrrole nitrogens is 1. The number of alkyl halides is 2. The number of benzene rings is 1. The first-order chi connectivity index (χ1) is 17.5. The first-order valence-corrected chi connectivity index (χ1v) is 11.9. The summed E-state index contributed by atoms with van der Waals surface area (Å²) in [5.74, 6) is 1.85. The predicted molar refractivity (Wildman–Crippen MR) is 130 cm³/mol. The minimum Gasteiger partial charge on any atom is -0.356 e. The number of fused-ring (bicyclic) bond motifs is 1. The Balaban J connectivity index is 1.18. The van der Waals surface area contributed by atoms with Gasteiger partial charge >= 0.3 is 6.55 Å². The smallest absolute Gasteiger partial charge is 0.333 e. The standard InChI is InChI=1S/C26H24F3N7/c1-15-23(16-2-4-20(27)5-3-16)34-24(33-15)17-6-8-35(9-7-17)25-21-10-18(11-22(21)30-14-31-25)19-12-32-36(13-19)26(28)29/h2-5,10,12-14,17,26H,6-9,11H2,1H3,(H,33,34). The number of anilines is 1. The third-order valence-electron chi connectivity index (χ3n) is 7.00. The first kappa shape index (κ1) is 22.5. The zero-order valence-electron chi connectivity index (χ0n) is 19.6. The van der Waals surface area contributed by atoms with Crippen LogP contribution in [-0.2, 0) is 6.42 Å². The van der Waals surface area contributed by atoms with Crippen molar-refractivity contribution in [3.8, 4) is 11.3 Å². The summed E-state index contributed by atoms with van der Waals surface area (Å²) in [6, 6.07) is 6.40. The minimum absolute atomic E-state index is 0.263. The molecule has 0 amide bonds. The predicted octanol–water partition coefficient (Wildman–Crippen LogP) is 5.39. The number of rotatable bonds is 5. The van der Waals surface area contributed by atoms with E-state index in [1.54, 1.807) is 18.5 Å². The molecule has 0 radical (unpaired) electrons. The Labute approximate surface area is 205 Å². The number of halogens is 3. The maximum atomic E-state index is 13.3. The van der Waals surface area contributed by atoms with Gasteiger partial charge in [0.15, 0.2) is 0 Å². The fourth-order valence-electron chi connectivity index (χ4n) is 5.09. The maximum absolute atomic E-state index is 13.3. The summed E-state index contributed by atoms with van der Waals surface area (Å²) >= 11 is 0. The lowest BCUT2D eigenvalue weighted by Gasteiger charge is -2.32. The lowest BCUT2D eigenvalue weighted by molar-refractivity contribution is 0.0566. The molecule has 1 aromatic carbocycles. The molecule has 0 spiro atoms. The van der Waals surface area contributed by atoms with E-state index in [2.05, 4.69) is 25.0 Å². The summed E-state index contributed by atoms with van der Waals surface area (Å²) in [7, 11) is 0. The summed E-state index contributed by atoms with van der Waals surface area (Å²) in [6.07, 6.45) is 8.78. The van der Waals surface area contributed by atoms with Crippen LogP contribution in [0.15, 0.2) is 43.0 Å². The molecule has 1 N–H and O–H groups in total. The molecule has 3 aromatic heterocycles. The van der Waals surface area contributed by atoms with E-state index in [0.717, 1.165) is 71.4 Å². The third-order valence-corrected chi connectivity index (χ3v) is 7.00. The molecule has 0 unspecified atom stereocenters. The maximum Gasteiger partial charge on any atom is 0.333 e. The number of nitrogens with one attached hydrogen (secondary N) is 1. The van der Waals surface area contributed by atoms with Crippen LogP contribution in [0, 0.1) is 12.7 Å². The third kappa shape index (κ3) is 4.06. The first-order valence-electron chi connectivity index (χ1n) is 11.9. The second kappa shape index (κ2) is 8.92. The highest BCUT2D eigenvalue weighted by Gasteiger charge is 2.28. The van der Waals surface area contributed by atoms with Gasteiger partial charge in [-0.05, 0) is 55.7 Å². The fourth-order valence-corrected chi connectivity index (χ4v) is 5.09. The van der Waals surface area contributed by atoms with Crippen molar-refractivity contribution in [3.63, 3.8) is 0 Å². The Morgan fingerprint density at radius 3 is 2.56 bits per heavy atom. The zero-order valence-corrected chi connectivity index (χ0v) is 19.6. The highest BCUT2D eigenvalue weighted by atomic mass is 19.3. The largest absolute Gasteiger partial charge is 0.356 e. The van der Waals surface area contributed by atoms with Gasteiger partial charge in [0.05, 0.1) is 17.6 Å². The molecule has 10 heteroatoms. The van der Waals surface area contributed by atoms with E-state index in [1.807, 2.05) is 13.0 Å². The van der Waals surface area contributed by atoms with Gasteiger partial charge < -0.3 is 9.88 Å². The number of piperidine rings is 1. The SMILES string of the molecule is Cc1[nH]c(C2CCN(c3ncnc4c3C=C(c3cnn(C(F)F)c3)C4)CC2)nc1-c1ccc(F)cc1. The number of aromatic nitrogens is 6. The molecule has 6 rings (SSSR count). The Morgan fingerprint density at radius 2 is 1.83 bits per heavy atom. The molecule has 0 saturated carbocycles. The number of nitrogens with zero attached hydrogens (tertiary/aromatic N) is 6. The summed E-state index contributed by atoms with van der Waals surface area (Å²) in [4.78, 5) is 19.6. The minimum atomic E-state index is -2.66. The molecule has 4 heterocycles. The summed E-state index contributed by atoms with van der Waals surface area (Å²) in [5.41, 5.74) is 6.15. The van der Waals surface area contributed by atoms with Crippen molar-refractivity contribution in [2.45, 2.75) is 38.7 Å². The summed E-state index contributed by atoms with van der Waals surface area (Å²) in [5, 5.41) is 3.76. The van der Waals surface area contributed by atoms with Gasteiger partial charge in [0.1, 0.15) is 23.8 Å². The Kier molecular flexibility index (Phi) is 5.58. The quantitative estimate of drug-likeness (QED) is 0.405. The van der Waals surface area contributed by atoms with E-state index in [1.165, 1.54) is 24.5 Å². The van der Waals surface area contributed by atoms with Crippen LogP contribution in [0.1, 0.15) is 53.6 Å². The lowest BCUT2D eigenvalue weighted by atomic mass is 9.96. The van der Waals surface area contributed by atoms with Gasteiger partial charge in [-0.1, -0.05) is 0 Å². The Morgan fingerprint density at radius 1 is 1.06 bits per heavy atom. The fraction of sp³-hybridized carbons (Fsp3) is 0.308. The van der Waals surface area contributed by atoms with Gasteiger partial charge in [0, 0.05) is 54.0 Å². The molecule has 36 heavy (non-hydrogen) atoms. The average Bonchev–Trinajstić information content (AvgIpc) is 3.62. The molecule has 0 atom stereocenters. The number of hydrogen-bond acceptors (Lipinski definition) is 5. The van der Waals surface area contributed by atoms with Crippen LogP contribution in [0.5, 0.6) is 0 Å². The molecular formula is C26H24F3N7. The van der Waals surface area contributed by atoms with E-state index < -0.39 is 6.55 Å². The van der Waals surface area contributed by atoms with Crippen LogP contribution in [-0.4, -0.2) is 42.8 Å². The molecule has 1 aliphatic heterocycles. The second-order valence-electron chi connectivity index (χ2n) is 9.25. The van der Waals surface area contributed by atoms with Gasteiger partial charge in [0.25, 0.3) is 0 Å². The summed E-state index contributed by atoms with van der Waals surface area (Å²) < 4.78 is 39.9. The van der Waals surface area contributed by atoms with Crippen molar-refractivity contribution < 1.29 is 13.2 Å². The molecular weight excluding hydrogens is 467 g/mol. The van der Waals surface area contributed by atoms with Crippen LogP contribution in [0.25, 0.3) is 22.9 Å². The molecule has 1 saturated heterocycles. The molecule has 4 aromatic rings. The number of aromatic amines is 1. The molecule has 0 bridgehead atoms. The van der Waals surface area contributed by atoms with Crippen LogP contribution in [0.2, 0.25) is 0 Å². The molecule has 184 valence electrons. The van der Waals surface area contributed by atoms with Crippen molar-refractivity contribution >= 4 is 17.5 Å². The van der Waals surface area contributed by atoms with Crippen molar-refractivity contribution in [3.05, 3.63) is 77.1 Å². The van der Waals surface area contributed by atoms with Gasteiger partial charge in [-0.3, -0.25) is 0 Å². The number of allylic oxidation sites excluding steroid dienone is 1. The Bertz CT molecular complexity index is 1430. The zero-order chi connectivity index (χ0) is 24.8. The number of aryl methyl sites for hydroxylation is 1. The van der Waals surface area contributed by atoms with E-state index in [9.17, 15) is 13.2 Å². The van der Waals surface area contributed by atoms with Crippen LogP contribution >= 0.6 is 0 Å². The van der Waals surface area contributed by atoms with Crippen molar-refractivity contribution in [2.24, 2.45) is 0 Å². The highest BCUT2D eigenvalue weighted by molar-refractivity contribution is 5.90. The summed E-state index contributed by atoms with van der Waals surface area (Å²) in [6.45, 7) is 0.951. The lowest BCUT2D eigenvalue weighted by Crippen LogP contribution is -2.34. The molecule has 7 nitrogen and oxygen atoms in total. The van der Waals surface area contributed by atoms with E-state index in [4.69, 9.17) is 4.98 Å². The second-order valence-corrected chi connectivity index (χ2v) is 9.25.